The molecule has 0 spiro atoms. The van der Waals surface area contributed by atoms with E-state index in [1.165, 1.54) is 37.9 Å². The van der Waals surface area contributed by atoms with E-state index in [4.69, 9.17) is 11.6 Å². The van der Waals surface area contributed by atoms with Crippen LogP contribution in [0.1, 0.15) is 5.56 Å². The summed E-state index contributed by atoms with van der Waals surface area (Å²) < 4.78 is 25.8. The van der Waals surface area contributed by atoms with Crippen molar-refractivity contribution in [1.82, 2.24) is 4.31 Å². The van der Waals surface area contributed by atoms with Gasteiger partial charge in [-0.15, -0.1) is 0 Å². The van der Waals surface area contributed by atoms with Crippen molar-refractivity contribution < 1.29 is 13.2 Å². The van der Waals surface area contributed by atoms with E-state index in [2.05, 4.69) is 28.1 Å². The first-order valence-electron chi connectivity index (χ1n) is 10.4. The van der Waals surface area contributed by atoms with Crippen LogP contribution in [0.4, 0.5) is 17.1 Å². The molecule has 3 rings (SSSR count). The Morgan fingerprint density at radius 1 is 0.879 bits per heavy atom. The van der Waals surface area contributed by atoms with Crippen LogP contribution in [0.3, 0.4) is 0 Å². The molecule has 0 heterocycles. The molecule has 0 aliphatic rings. The van der Waals surface area contributed by atoms with E-state index in [1.54, 1.807) is 0 Å². The van der Waals surface area contributed by atoms with E-state index >= 15 is 0 Å². The summed E-state index contributed by atoms with van der Waals surface area (Å²) in [6, 6.07) is 22.0. The average molecular weight is 487 g/mol. The van der Waals surface area contributed by atoms with Gasteiger partial charge in [0.1, 0.15) is 0 Å². The quantitative estimate of drug-likeness (QED) is 0.397. The number of carbonyl (C=O) groups is 1. The lowest BCUT2D eigenvalue weighted by Crippen LogP contribution is -2.24. The summed E-state index contributed by atoms with van der Waals surface area (Å²) in [5.41, 5.74) is 3.15. The van der Waals surface area contributed by atoms with Crippen LogP contribution in [0, 0.1) is 0 Å². The molecule has 0 bridgehead atoms. The number of rotatable bonds is 10. The summed E-state index contributed by atoms with van der Waals surface area (Å²) >= 11 is 6.17. The van der Waals surface area contributed by atoms with Crippen molar-refractivity contribution in [2.45, 2.75) is 11.3 Å². The van der Waals surface area contributed by atoms with Gasteiger partial charge in [0.25, 0.3) is 0 Å². The van der Waals surface area contributed by atoms with Crippen molar-refractivity contribution in [3.8, 4) is 0 Å². The number of nitrogens with one attached hydrogen (secondary N) is 3. The Morgan fingerprint density at radius 2 is 1.52 bits per heavy atom. The Kier molecular flexibility index (Phi) is 8.32. The minimum atomic E-state index is -3.64. The molecule has 0 unspecified atom stereocenters. The lowest BCUT2D eigenvalue weighted by atomic mass is 10.1. The van der Waals surface area contributed by atoms with E-state index in [0.29, 0.717) is 0 Å². The molecule has 3 N–H and O–H groups in total. The fourth-order valence-electron chi connectivity index (χ4n) is 3.12. The third-order valence-corrected chi connectivity index (χ3v) is 7.07. The Hall–Kier alpha value is -3.07. The molecule has 9 heteroatoms. The minimum Gasteiger partial charge on any atom is -0.383 e. The van der Waals surface area contributed by atoms with Crippen LogP contribution in [0.5, 0.6) is 0 Å². The maximum atomic E-state index is 12.5. The summed E-state index contributed by atoms with van der Waals surface area (Å²) in [7, 11) is -0.759. The zero-order valence-corrected chi connectivity index (χ0v) is 20.1. The predicted molar refractivity (Wildman–Crippen MR) is 135 cm³/mol. The van der Waals surface area contributed by atoms with E-state index in [1.807, 2.05) is 42.5 Å². The smallest absolute Gasteiger partial charge is 0.243 e. The molecular formula is C24H27ClN4O3S. The van der Waals surface area contributed by atoms with Crippen molar-refractivity contribution in [3.63, 3.8) is 0 Å². The number of sulfonamides is 1. The molecular weight excluding hydrogens is 460 g/mol. The summed E-state index contributed by atoms with van der Waals surface area (Å²) in [5.74, 6) is -0.351. The lowest BCUT2D eigenvalue weighted by molar-refractivity contribution is -0.114. The maximum absolute atomic E-state index is 12.5. The fourth-order valence-corrected chi connectivity index (χ4v) is 4.21. The number of halogens is 1. The molecule has 1 amide bonds. The van der Waals surface area contributed by atoms with Gasteiger partial charge in [-0.1, -0.05) is 54.1 Å². The number of benzene rings is 3. The van der Waals surface area contributed by atoms with Crippen LogP contribution < -0.4 is 16.0 Å². The number of hydrogen-bond acceptors (Lipinski definition) is 5. The average Bonchev–Trinajstić information content (AvgIpc) is 2.80. The molecule has 0 atom stereocenters. The Labute approximate surface area is 199 Å². The first-order valence-corrected chi connectivity index (χ1v) is 12.2. The standard InChI is InChI=1S/C24H27ClN4O3S/c1-29(2)33(31,32)19-12-13-20(25)23(16-19)28-24(30)17-27-22-11-7-6-10-21(22)26-15-14-18-8-4-3-5-9-18/h3-13,16,26-27H,14-15,17H2,1-2H3,(H,28,30). The Balaban J connectivity index is 1.60. The van der Waals surface area contributed by atoms with Gasteiger partial charge < -0.3 is 16.0 Å². The van der Waals surface area contributed by atoms with Gasteiger partial charge in [-0.05, 0) is 42.3 Å². The third kappa shape index (κ3) is 6.71. The SMILES string of the molecule is CN(C)S(=O)(=O)c1ccc(Cl)c(NC(=O)CNc2ccccc2NCCc2ccccc2)c1. The minimum absolute atomic E-state index is 0.0155. The second-order valence-electron chi connectivity index (χ2n) is 7.54. The summed E-state index contributed by atoms with van der Waals surface area (Å²) in [6.07, 6.45) is 0.875. The van der Waals surface area contributed by atoms with Gasteiger partial charge in [-0.25, -0.2) is 12.7 Å². The molecule has 0 saturated heterocycles. The van der Waals surface area contributed by atoms with Crippen LogP contribution in [-0.2, 0) is 21.2 Å². The van der Waals surface area contributed by atoms with Crippen molar-refractivity contribution >= 4 is 44.6 Å². The second-order valence-corrected chi connectivity index (χ2v) is 10.1. The van der Waals surface area contributed by atoms with E-state index < -0.39 is 10.0 Å². The first kappa shape index (κ1) is 24.6. The van der Waals surface area contributed by atoms with Gasteiger partial charge in [-0.2, -0.15) is 0 Å². The molecule has 33 heavy (non-hydrogen) atoms. The van der Waals surface area contributed by atoms with Crippen molar-refractivity contribution in [2.75, 3.05) is 43.1 Å². The summed E-state index contributed by atoms with van der Waals surface area (Å²) in [5, 5.41) is 9.45. The molecule has 0 aromatic heterocycles. The zero-order valence-electron chi connectivity index (χ0n) is 18.5. The lowest BCUT2D eigenvalue weighted by Gasteiger charge is -2.15. The van der Waals surface area contributed by atoms with Crippen molar-refractivity contribution in [3.05, 3.63) is 83.4 Å². The molecule has 174 valence electrons. The van der Waals surface area contributed by atoms with Crippen molar-refractivity contribution in [1.29, 1.82) is 0 Å². The van der Waals surface area contributed by atoms with E-state index in [9.17, 15) is 13.2 Å². The molecule has 0 radical (unpaired) electrons. The van der Waals surface area contributed by atoms with Gasteiger partial charge in [0.2, 0.25) is 15.9 Å². The zero-order chi connectivity index (χ0) is 23.8. The highest BCUT2D eigenvalue weighted by atomic mass is 35.5. The Morgan fingerprint density at radius 3 is 2.18 bits per heavy atom. The fraction of sp³-hybridized carbons (Fsp3) is 0.208. The normalized spacial score (nSPS) is 11.3. The molecule has 0 aliphatic heterocycles. The molecule has 0 aliphatic carbocycles. The predicted octanol–water partition coefficient (Wildman–Crippen LogP) is 4.30. The van der Waals surface area contributed by atoms with Crippen LogP contribution in [-0.4, -0.2) is 45.8 Å². The van der Waals surface area contributed by atoms with Crippen LogP contribution in [0.25, 0.3) is 0 Å². The number of anilines is 3. The van der Waals surface area contributed by atoms with Crippen LogP contribution in [0.2, 0.25) is 5.02 Å². The van der Waals surface area contributed by atoms with Crippen molar-refractivity contribution in [2.24, 2.45) is 0 Å². The topological polar surface area (TPSA) is 90.5 Å². The maximum Gasteiger partial charge on any atom is 0.243 e. The van der Waals surface area contributed by atoms with Gasteiger partial charge >= 0.3 is 0 Å². The van der Waals surface area contributed by atoms with Crippen LogP contribution in [0.15, 0.2) is 77.7 Å². The summed E-state index contributed by atoms with van der Waals surface area (Å²) in [6.45, 7) is 0.732. The molecule has 3 aromatic carbocycles. The second kappa shape index (κ2) is 11.2. The third-order valence-electron chi connectivity index (χ3n) is 4.93. The largest absolute Gasteiger partial charge is 0.383 e. The van der Waals surface area contributed by atoms with Gasteiger partial charge in [0, 0.05) is 20.6 Å². The first-order chi connectivity index (χ1) is 15.8. The van der Waals surface area contributed by atoms with Gasteiger partial charge in [0.05, 0.1) is 33.5 Å². The highest BCUT2D eigenvalue weighted by Gasteiger charge is 2.19. The van der Waals surface area contributed by atoms with E-state index in [0.717, 1.165) is 28.6 Å². The monoisotopic (exact) mass is 486 g/mol. The molecule has 0 saturated carbocycles. The number of hydrogen-bond donors (Lipinski definition) is 3. The number of carbonyl (C=O) groups excluding carboxylic acids is 1. The number of amides is 1. The van der Waals surface area contributed by atoms with E-state index in [-0.39, 0.29) is 28.1 Å². The van der Waals surface area contributed by atoms with Gasteiger partial charge in [-0.3, -0.25) is 4.79 Å². The Bertz CT molecular complexity index is 1200. The highest BCUT2D eigenvalue weighted by molar-refractivity contribution is 7.89. The number of nitrogens with zero attached hydrogens (tertiary/aromatic N) is 1. The molecule has 7 nitrogen and oxygen atoms in total. The van der Waals surface area contributed by atoms with Gasteiger partial charge in [0.15, 0.2) is 0 Å². The highest BCUT2D eigenvalue weighted by Crippen LogP contribution is 2.26. The molecule has 3 aromatic rings. The molecule has 0 fully saturated rings. The van der Waals surface area contributed by atoms with Crippen LogP contribution >= 0.6 is 11.6 Å². The summed E-state index contributed by atoms with van der Waals surface area (Å²) in [4.78, 5) is 12.6. The number of para-hydroxylation sites is 2.